The van der Waals surface area contributed by atoms with Crippen molar-refractivity contribution in [2.45, 2.75) is 24.6 Å². The van der Waals surface area contributed by atoms with E-state index >= 15 is 0 Å². The van der Waals surface area contributed by atoms with Crippen molar-refractivity contribution in [3.8, 4) is 0 Å². The lowest BCUT2D eigenvalue weighted by atomic mass is 10.2. The Balaban J connectivity index is 1.95. The Morgan fingerprint density at radius 3 is 2.59 bits per heavy atom. The molecule has 0 atom stereocenters. The highest BCUT2D eigenvalue weighted by Crippen LogP contribution is 2.28. The van der Waals surface area contributed by atoms with Crippen molar-refractivity contribution in [1.82, 2.24) is 10.3 Å². The first kappa shape index (κ1) is 19.6. The number of hydrogen-bond donors (Lipinski definition) is 2. The number of piperidine rings is 1. The molecule has 0 bridgehead atoms. The van der Waals surface area contributed by atoms with Gasteiger partial charge in [-0.2, -0.15) is 0 Å². The summed E-state index contributed by atoms with van der Waals surface area (Å²) in [6, 6.07) is 9.61. The van der Waals surface area contributed by atoms with Gasteiger partial charge in [0.25, 0.3) is 0 Å². The van der Waals surface area contributed by atoms with E-state index < -0.39 is 21.2 Å². The van der Waals surface area contributed by atoms with Crippen LogP contribution in [-0.4, -0.2) is 42.8 Å². The molecule has 9 heteroatoms. The minimum atomic E-state index is -3.64. The molecule has 2 aromatic rings. The highest BCUT2D eigenvalue weighted by molar-refractivity contribution is 7.93. The van der Waals surface area contributed by atoms with E-state index in [2.05, 4.69) is 10.3 Å². The predicted octanol–water partition coefficient (Wildman–Crippen LogP) is 2.52. The molecule has 0 spiro atoms. The Bertz CT molecular complexity index is 912. The van der Waals surface area contributed by atoms with Crippen LogP contribution in [0.4, 0.5) is 5.69 Å². The second-order valence-electron chi connectivity index (χ2n) is 6.32. The van der Waals surface area contributed by atoms with Crippen LogP contribution in [0.3, 0.4) is 0 Å². The van der Waals surface area contributed by atoms with E-state index in [0.717, 1.165) is 0 Å². The zero-order chi connectivity index (χ0) is 19.4. The normalized spacial score (nSPS) is 15.4. The molecule has 1 fully saturated rings. The maximum Gasteiger partial charge on any atom is 0.337 e. The number of rotatable bonds is 6. The van der Waals surface area contributed by atoms with Crippen molar-refractivity contribution < 1.29 is 18.3 Å². The van der Waals surface area contributed by atoms with Gasteiger partial charge in [-0.3, -0.25) is 9.29 Å². The average Bonchev–Trinajstić information content (AvgIpc) is 2.67. The number of pyridine rings is 1. The first-order chi connectivity index (χ1) is 12.9. The molecule has 144 valence electrons. The number of nitrogens with one attached hydrogen (secondary N) is 1. The predicted molar refractivity (Wildman–Crippen MR) is 104 cm³/mol. The summed E-state index contributed by atoms with van der Waals surface area (Å²) in [5, 5.41) is 12.1. The van der Waals surface area contributed by atoms with Crippen molar-refractivity contribution in [2.24, 2.45) is 0 Å². The van der Waals surface area contributed by atoms with E-state index in [1.807, 2.05) is 0 Å². The zero-order valence-electron chi connectivity index (χ0n) is 14.5. The van der Waals surface area contributed by atoms with Crippen LogP contribution in [0.15, 0.2) is 42.6 Å². The number of aromatic nitrogens is 1. The molecule has 2 N–H and O–H groups in total. The van der Waals surface area contributed by atoms with E-state index in [0.29, 0.717) is 42.3 Å². The van der Waals surface area contributed by atoms with E-state index in [1.54, 1.807) is 24.3 Å². The highest BCUT2D eigenvalue weighted by Gasteiger charge is 2.33. The number of sulfonamides is 1. The lowest BCUT2D eigenvalue weighted by Gasteiger charge is -2.31. The second-order valence-corrected chi connectivity index (χ2v) is 8.90. The third-order valence-electron chi connectivity index (χ3n) is 4.49. The third kappa shape index (κ3) is 4.58. The van der Waals surface area contributed by atoms with Gasteiger partial charge in [0.2, 0.25) is 10.0 Å². The summed E-state index contributed by atoms with van der Waals surface area (Å²) in [6.07, 6.45) is 2.29. The Morgan fingerprint density at radius 2 is 2.00 bits per heavy atom. The fourth-order valence-electron chi connectivity index (χ4n) is 3.02. The zero-order valence-corrected chi connectivity index (χ0v) is 16.1. The van der Waals surface area contributed by atoms with Gasteiger partial charge in [-0.05, 0) is 56.3 Å². The van der Waals surface area contributed by atoms with Gasteiger partial charge in [-0.1, -0.05) is 17.7 Å². The molecule has 0 amide bonds. The quantitative estimate of drug-likeness (QED) is 0.760. The maximum absolute atomic E-state index is 13.3. The second kappa shape index (κ2) is 8.24. The Kier molecular flexibility index (Phi) is 5.98. The maximum atomic E-state index is 13.3. The number of hydrogen-bond acceptors (Lipinski definition) is 5. The van der Waals surface area contributed by atoms with Crippen molar-refractivity contribution in [2.75, 3.05) is 17.4 Å². The van der Waals surface area contributed by atoms with Gasteiger partial charge in [0.05, 0.1) is 28.7 Å². The molecule has 1 saturated heterocycles. The summed E-state index contributed by atoms with van der Waals surface area (Å²) in [7, 11) is -3.64. The van der Waals surface area contributed by atoms with E-state index in [9.17, 15) is 13.2 Å². The standard InChI is InChI=1S/C18H20ClN3O4S/c19-14-2-1-3-16(10-14)22(27(25,26)17-6-8-20-9-7-17)12-15-5-4-13(11-21-15)18(23)24/h1-5,10-11,17,20H,6-9,12H2,(H,23,24). The van der Waals surface area contributed by atoms with E-state index in [-0.39, 0.29) is 12.1 Å². The van der Waals surface area contributed by atoms with Crippen molar-refractivity contribution in [3.63, 3.8) is 0 Å². The van der Waals surface area contributed by atoms with Gasteiger partial charge >= 0.3 is 5.97 Å². The first-order valence-electron chi connectivity index (χ1n) is 8.54. The molecule has 1 aromatic carbocycles. The fraction of sp³-hybridized carbons (Fsp3) is 0.333. The number of halogens is 1. The summed E-state index contributed by atoms with van der Waals surface area (Å²) in [6.45, 7) is 1.31. The number of anilines is 1. The number of carboxylic acids is 1. The molecular weight excluding hydrogens is 390 g/mol. The fourth-order valence-corrected chi connectivity index (χ4v) is 5.12. The summed E-state index contributed by atoms with van der Waals surface area (Å²) < 4.78 is 27.9. The molecule has 7 nitrogen and oxygen atoms in total. The van der Waals surface area contributed by atoms with Gasteiger partial charge in [0, 0.05) is 11.2 Å². The molecule has 2 heterocycles. The third-order valence-corrected chi connectivity index (χ3v) is 6.99. The van der Waals surface area contributed by atoms with E-state index in [1.165, 1.54) is 22.6 Å². The molecule has 0 radical (unpaired) electrons. The minimum absolute atomic E-state index is 0.00645. The molecule has 3 rings (SSSR count). The molecule has 0 saturated carbocycles. The van der Waals surface area contributed by atoms with Gasteiger partial charge in [0.15, 0.2) is 0 Å². The van der Waals surface area contributed by atoms with E-state index in [4.69, 9.17) is 16.7 Å². The van der Waals surface area contributed by atoms with Crippen LogP contribution in [0.2, 0.25) is 5.02 Å². The summed E-state index contributed by atoms with van der Waals surface area (Å²) in [5.41, 5.74) is 0.969. The Labute approximate surface area is 163 Å². The minimum Gasteiger partial charge on any atom is -0.478 e. The smallest absolute Gasteiger partial charge is 0.337 e. The number of benzene rings is 1. The molecule has 0 aliphatic carbocycles. The first-order valence-corrected chi connectivity index (χ1v) is 10.4. The topological polar surface area (TPSA) is 99.6 Å². The van der Waals surface area contributed by atoms with Crippen LogP contribution in [-0.2, 0) is 16.6 Å². The lowest BCUT2D eigenvalue weighted by molar-refractivity contribution is 0.0696. The molecule has 1 aliphatic heterocycles. The van der Waals surface area contributed by atoms with Gasteiger partial charge < -0.3 is 10.4 Å². The number of carbonyl (C=O) groups is 1. The van der Waals surface area contributed by atoms with Crippen molar-refractivity contribution in [3.05, 3.63) is 58.9 Å². The Hall–Kier alpha value is -2.16. The summed E-state index contributed by atoms with van der Waals surface area (Å²) >= 11 is 6.07. The molecular formula is C18H20ClN3O4S. The lowest BCUT2D eigenvalue weighted by Crippen LogP contribution is -2.44. The van der Waals surface area contributed by atoms with Crippen LogP contribution >= 0.6 is 11.6 Å². The van der Waals surface area contributed by atoms with Crippen molar-refractivity contribution in [1.29, 1.82) is 0 Å². The van der Waals surface area contributed by atoms with Gasteiger partial charge in [-0.15, -0.1) is 0 Å². The number of nitrogens with zero attached hydrogens (tertiary/aromatic N) is 2. The van der Waals surface area contributed by atoms with Crippen LogP contribution in [0.1, 0.15) is 28.9 Å². The average molecular weight is 410 g/mol. The Morgan fingerprint density at radius 1 is 1.26 bits per heavy atom. The van der Waals surface area contributed by atoms with Gasteiger partial charge in [0.1, 0.15) is 0 Å². The number of carboxylic acid groups (broad SMARTS) is 1. The number of aromatic carboxylic acids is 1. The molecule has 27 heavy (non-hydrogen) atoms. The summed E-state index contributed by atoms with van der Waals surface area (Å²) in [5.74, 6) is -1.08. The largest absolute Gasteiger partial charge is 0.478 e. The SMILES string of the molecule is O=C(O)c1ccc(CN(c2cccc(Cl)c2)S(=O)(=O)C2CCNCC2)nc1. The van der Waals surface area contributed by atoms with Crippen molar-refractivity contribution >= 4 is 33.3 Å². The van der Waals surface area contributed by atoms with Crippen LogP contribution in [0.5, 0.6) is 0 Å². The van der Waals surface area contributed by atoms with Gasteiger partial charge in [-0.25, -0.2) is 13.2 Å². The highest BCUT2D eigenvalue weighted by atomic mass is 35.5. The summed E-state index contributed by atoms with van der Waals surface area (Å²) in [4.78, 5) is 15.1. The molecule has 1 aliphatic rings. The van der Waals surface area contributed by atoms with Crippen LogP contribution in [0, 0.1) is 0 Å². The molecule has 1 aromatic heterocycles. The monoisotopic (exact) mass is 409 g/mol. The molecule has 0 unspecified atom stereocenters. The van der Waals surface area contributed by atoms with Crippen LogP contribution in [0.25, 0.3) is 0 Å². The van der Waals surface area contributed by atoms with Crippen LogP contribution < -0.4 is 9.62 Å².